The van der Waals surface area contributed by atoms with Gasteiger partial charge in [-0.05, 0) is 48.5 Å². The zero-order valence-electron chi connectivity index (χ0n) is 10.8. The van der Waals surface area contributed by atoms with Gasteiger partial charge in [0.05, 0.1) is 5.69 Å². The van der Waals surface area contributed by atoms with Gasteiger partial charge in [0, 0.05) is 14.5 Å². The molecule has 4 nitrogen and oxygen atoms in total. The second-order valence-electron chi connectivity index (χ2n) is 4.38. The van der Waals surface area contributed by atoms with Crippen molar-refractivity contribution in [1.29, 1.82) is 0 Å². The van der Waals surface area contributed by atoms with E-state index in [4.69, 9.17) is 4.74 Å². The lowest BCUT2D eigenvalue weighted by molar-refractivity contribution is -0.121. The number of amides is 1. The topological polar surface area (TPSA) is 41.9 Å². The molecule has 0 aliphatic carbocycles. The number of carbonyl (C=O) groups is 1. The molecule has 0 fully saturated rings. The summed E-state index contributed by atoms with van der Waals surface area (Å²) in [4.78, 5) is 12.0. The number of rotatable bonds is 2. The third-order valence-electron chi connectivity index (χ3n) is 2.92. The maximum Gasteiger partial charge on any atom is 0.285 e. The molecule has 1 aliphatic heterocycles. The molecule has 0 aromatic heterocycles. The van der Waals surface area contributed by atoms with Crippen molar-refractivity contribution < 1.29 is 9.53 Å². The fraction of sp³-hybridized carbons (Fsp3) is 0.0667. The van der Waals surface area contributed by atoms with E-state index in [1.54, 1.807) is 0 Å². The number of halogens is 2. The van der Waals surface area contributed by atoms with Gasteiger partial charge < -0.3 is 4.74 Å². The Morgan fingerprint density at radius 2 is 1.52 bits per heavy atom. The highest BCUT2D eigenvalue weighted by molar-refractivity contribution is 9.10. The van der Waals surface area contributed by atoms with Gasteiger partial charge in [0.15, 0.2) is 6.61 Å². The summed E-state index contributed by atoms with van der Waals surface area (Å²) < 4.78 is 7.35. The molecule has 21 heavy (non-hydrogen) atoms. The van der Waals surface area contributed by atoms with Crippen molar-refractivity contribution in [3.05, 3.63) is 63.0 Å². The Morgan fingerprint density at radius 1 is 0.952 bits per heavy atom. The molecular weight excluding hydrogens is 400 g/mol. The number of carbonyl (C=O) groups excluding carboxylic acids is 1. The quantitative estimate of drug-likeness (QED) is 0.753. The molecule has 0 saturated heterocycles. The summed E-state index contributed by atoms with van der Waals surface area (Å²) in [6.07, 6.45) is 0. The van der Waals surface area contributed by atoms with Gasteiger partial charge in [0.25, 0.3) is 5.91 Å². The van der Waals surface area contributed by atoms with Gasteiger partial charge in [-0.2, -0.15) is 5.01 Å². The molecule has 0 atom stereocenters. The third kappa shape index (κ3) is 3.16. The van der Waals surface area contributed by atoms with Crippen LogP contribution in [0.3, 0.4) is 0 Å². The minimum absolute atomic E-state index is 0.0229. The molecule has 2 aromatic rings. The van der Waals surface area contributed by atoms with Gasteiger partial charge in [0.1, 0.15) is 0 Å². The summed E-state index contributed by atoms with van der Waals surface area (Å²) in [6, 6.07) is 15.0. The zero-order chi connectivity index (χ0) is 14.8. The Hall–Kier alpha value is -1.66. The molecule has 6 heteroatoms. The normalized spacial score (nSPS) is 14.7. The summed E-state index contributed by atoms with van der Waals surface area (Å²) >= 11 is 6.76. The standard InChI is InChI=1S/C15H10Br2N2O2/c16-11-3-1-10(2-4-11)15-18-19(14(20)9-21-15)13-7-5-12(17)6-8-13/h1-8H,9H2. The summed E-state index contributed by atoms with van der Waals surface area (Å²) in [7, 11) is 0. The molecule has 0 unspecified atom stereocenters. The van der Waals surface area contributed by atoms with Crippen molar-refractivity contribution in [2.75, 3.05) is 11.6 Å². The molecule has 0 saturated carbocycles. The predicted molar refractivity (Wildman–Crippen MR) is 88.3 cm³/mol. The summed E-state index contributed by atoms with van der Waals surface area (Å²) in [5.41, 5.74) is 1.54. The molecule has 0 bridgehead atoms. The summed E-state index contributed by atoms with van der Waals surface area (Å²) in [5, 5.41) is 5.68. The Morgan fingerprint density at radius 3 is 2.14 bits per heavy atom. The SMILES string of the molecule is O=C1COC(c2ccc(Br)cc2)=NN1c1ccc(Br)cc1. The minimum Gasteiger partial charge on any atom is -0.466 e. The largest absolute Gasteiger partial charge is 0.466 e. The maximum absolute atomic E-state index is 12.0. The fourth-order valence-corrected chi connectivity index (χ4v) is 2.41. The first kappa shape index (κ1) is 14.3. The molecule has 0 N–H and O–H groups in total. The molecule has 2 aromatic carbocycles. The van der Waals surface area contributed by atoms with Crippen molar-refractivity contribution in [2.45, 2.75) is 0 Å². The van der Waals surface area contributed by atoms with Gasteiger partial charge in [-0.15, -0.1) is 5.10 Å². The molecule has 0 radical (unpaired) electrons. The second-order valence-corrected chi connectivity index (χ2v) is 6.21. The van der Waals surface area contributed by atoms with Gasteiger partial charge in [-0.3, -0.25) is 4.79 Å². The Kier molecular flexibility index (Phi) is 4.07. The van der Waals surface area contributed by atoms with E-state index >= 15 is 0 Å². The van der Waals surface area contributed by atoms with Crippen molar-refractivity contribution in [1.82, 2.24) is 0 Å². The first-order chi connectivity index (χ1) is 10.1. The number of ether oxygens (including phenoxy) is 1. The first-order valence-electron chi connectivity index (χ1n) is 6.19. The van der Waals surface area contributed by atoms with Crippen molar-refractivity contribution in [3.8, 4) is 0 Å². The van der Waals surface area contributed by atoms with Crippen LogP contribution in [0.25, 0.3) is 0 Å². The number of hydrogen-bond donors (Lipinski definition) is 0. The van der Waals surface area contributed by atoms with Crippen LogP contribution >= 0.6 is 31.9 Å². The predicted octanol–water partition coefficient (Wildman–Crippen LogP) is 3.94. The van der Waals surface area contributed by atoms with Crippen LogP contribution in [-0.4, -0.2) is 18.4 Å². The van der Waals surface area contributed by atoms with Crippen molar-refractivity contribution in [3.63, 3.8) is 0 Å². The number of nitrogens with zero attached hydrogens (tertiary/aromatic N) is 2. The van der Waals surface area contributed by atoms with E-state index in [-0.39, 0.29) is 12.5 Å². The number of hydrazone groups is 1. The van der Waals surface area contributed by atoms with Gasteiger partial charge >= 0.3 is 0 Å². The number of hydrogen-bond acceptors (Lipinski definition) is 3. The van der Waals surface area contributed by atoms with Gasteiger partial charge in [-0.25, -0.2) is 0 Å². The van der Waals surface area contributed by atoms with Crippen LogP contribution in [0.4, 0.5) is 5.69 Å². The molecular formula is C15H10Br2N2O2. The van der Waals surface area contributed by atoms with Crippen LogP contribution in [0.2, 0.25) is 0 Å². The van der Waals surface area contributed by atoms with Crippen LogP contribution in [0.1, 0.15) is 5.56 Å². The Bertz CT molecular complexity index is 697. The first-order valence-corrected chi connectivity index (χ1v) is 7.78. The highest BCUT2D eigenvalue weighted by atomic mass is 79.9. The highest BCUT2D eigenvalue weighted by Gasteiger charge is 2.23. The fourth-order valence-electron chi connectivity index (χ4n) is 1.88. The van der Waals surface area contributed by atoms with E-state index in [1.807, 2.05) is 48.5 Å². The average Bonchev–Trinajstić information content (AvgIpc) is 2.50. The molecule has 0 spiro atoms. The molecule has 1 amide bonds. The van der Waals surface area contributed by atoms with Crippen molar-refractivity contribution in [2.24, 2.45) is 5.10 Å². The van der Waals surface area contributed by atoms with Crippen LogP contribution in [0.15, 0.2) is 62.6 Å². The van der Waals surface area contributed by atoms with Gasteiger partial charge in [-0.1, -0.05) is 31.9 Å². The Balaban J connectivity index is 1.96. The molecule has 106 valence electrons. The maximum atomic E-state index is 12.0. The lowest BCUT2D eigenvalue weighted by Crippen LogP contribution is -2.36. The van der Waals surface area contributed by atoms with E-state index in [2.05, 4.69) is 37.0 Å². The monoisotopic (exact) mass is 408 g/mol. The van der Waals surface area contributed by atoms with Crippen LogP contribution in [0, 0.1) is 0 Å². The third-order valence-corrected chi connectivity index (χ3v) is 3.98. The lowest BCUT2D eigenvalue weighted by Gasteiger charge is -2.23. The molecule has 1 aliphatic rings. The van der Waals surface area contributed by atoms with E-state index in [1.165, 1.54) is 5.01 Å². The second kappa shape index (κ2) is 5.99. The minimum atomic E-state index is -0.196. The van der Waals surface area contributed by atoms with E-state index in [0.29, 0.717) is 11.6 Å². The number of anilines is 1. The lowest BCUT2D eigenvalue weighted by atomic mass is 10.2. The van der Waals surface area contributed by atoms with E-state index in [9.17, 15) is 4.79 Å². The molecule has 1 heterocycles. The van der Waals surface area contributed by atoms with E-state index in [0.717, 1.165) is 14.5 Å². The van der Waals surface area contributed by atoms with Crippen LogP contribution in [-0.2, 0) is 9.53 Å². The van der Waals surface area contributed by atoms with Crippen LogP contribution in [0.5, 0.6) is 0 Å². The zero-order valence-corrected chi connectivity index (χ0v) is 14.0. The smallest absolute Gasteiger partial charge is 0.285 e. The van der Waals surface area contributed by atoms with Gasteiger partial charge in [0.2, 0.25) is 5.90 Å². The van der Waals surface area contributed by atoms with Crippen LogP contribution < -0.4 is 5.01 Å². The average molecular weight is 410 g/mol. The summed E-state index contributed by atoms with van der Waals surface area (Å²) in [6.45, 7) is -0.0229. The molecule has 3 rings (SSSR count). The van der Waals surface area contributed by atoms with Crippen molar-refractivity contribution >= 4 is 49.4 Å². The van der Waals surface area contributed by atoms with E-state index < -0.39 is 0 Å². The Labute approximate surface area is 138 Å². The number of benzene rings is 2. The summed E-state index contributed by atoms with van der Waals surface area (Å²) in [5.74, 6) is 0.239. The highest BCUT2D eigenvalue weighted by Crippen LogP contribution is 2.22.